The maximum Gasteiger partial charge on any atom is 0.251 e. The fourth-order valence-electron chi connectivity index (χ4n) is 3.97. The minimum Gasteiger partial charge on any atom is -0.489 e. The number of alkyl halides is 1. The summed E-state index contributed by atoms with van der Waals surface area (Å²) in [6.45, 7) is 2.31. The lowest BCUT2D eigenvalue weighted by molar-refractivity contribution is 0.0952. The van der Waals surface area contributed by atoms with Crippen LogP contribution >= 0.6 is 15.9 Å². The maximum atomic E-state index is 13.2. The molecular weight excluding hydrogens is 497 g/mol. The first-order valence-corrected chi connectivity index (χ1v) is 13.4. The average molecular weight is 537 g/mol. The van der Waals surface area contributed by atoms with E-state index in [0.717, 1.165) is 18.4 Å². The van der Waals surface area contributed by atoms with Crippen molar-refractivity contribution in [3.05, 3.63) is 52.0 Å². The summed E-state index contributed by atoms with van der Waals surface area (Å²) in [4.78, 5) is 12.8. The Kier molecular flexibility index (Phi) is 13.9. The van der Waals surface area contributed by atoms with Crippen molar-refractivity contribution >= 4 is 21.8 Å². The van der Waals surface area contributed by atoms with Crippen LogP contribution < -0.4 is 10.1 Å². The summed E-state index contributed by atoms with van der Waals surface area (Å²) in [5, 5.41) is 12.2. The number of ether oxygens (including phenoxy) is 1. The molecule has 4 nitrogen and oxygen atoms in total. The van der Waals surface area contributed by atoms with Crippen LogP contribution in [0.4, 0.5) is 4.39 Å². The topological polar surface area (TPSA) is 58.6 Å². The predicted octanol–water partition coefficient (Wildman–Crippen LogP) is 7.61. The van der Waals surface area contributed by atoms with E-state index in [1.165, 1.54) is 51.4 Å². The van der Waals surface area contributed by atoms with Gasteiger partial charge in [-0.15, -0.1) is 0 Å². The number of halogens is 2. The molecule has 34 heavy (non-hydrogen) atoms. The van der Waals surface area contributed by atoms with Crippen LogP contribution in [-0.4, -0.2) is 30.8 Å². The molecule has 0 bridgehead atoms. The van der Waals surface area contributed by atoms with E-state index >= 15 is 0 Å². The molecular formula is C28H39BrFNO3. The van der Waals surface area contributed by atoms with E-state index < -0.39 is 6.67 Å². The maximum absolute atomic E-state index is 13.2. The molecule has 2 rings (SSSR count). The molecule has 0 aliphatic heterocycles. The van der Waals surface area contributed by atoms with Crippen molar-refractivity contribution < 1.29 is 19.0 Å². The van der Waals surface area contributed by atoms with Gasteiger partial charge in [0.15, 0.2) is 0 Å². The third kappa shape index (κ3) is 9.75. The Bertz CT molecular complexity index is 875. The number of hydrogen-bond acceptors (Lipinski definition) is 3. The van der Waals surface area contributed by atoms with Crippen molar-refractivity contribution in [3.63, 3.8) is 0 Å². The third-order valence-electron chi connectivity index (χ3n) is 5.85. The molecule has 2 aromatic rings. The number of carbonyl (C=O) groups excluding carboxylic acids is 1. The van der Waals surface area contributed by atoms with Gasteiger partial charge < -0.3 is 15.2 Å². The second-order valence-corrected chi connectivity index (χ2v) is 9.53. The summed E-state index contributed by atoms with van der Waals surface area (Å²) in [5.41, 5.74) is 2.50. The molecule has 0 aliphatic rings. The Balaban J connectivity index is 1.92. The van der Waals surface area contributed by atoms with E-state index in [9.17, 15) is 14.3 Å². The van der Waals surface area contributed by atoms with Gasteiger partial charge in [0.05, 0.1) is 11.1 Å². The number of amides is 1. The molecule has 0 saturated heterocycles. The molecule has 0 unspecified atom stereocenters. The first-order chi connectivity index (χ1) is 16.6. The van der Waals surface area contributed by atoms with Gasteiger partial charge in [0.1, 0.15) is 19.0 Å². The van der Waals surface area contributed by atoms with Gasteiger partial charge in [-0.3, -0.25) is 4.79 Å². The number of benzene rings is 2. The minimum atomic E-state index is -0.569. The van der Waals surface area contributed by atoms with Crippen molar-refractivity contribution in [3.8, 4) is 16.9 Å². The molecule has 2 aromatic carbocycles. The number of aliphatic hydroxyl groups is 1. The van der Waals surface area contributed by atoms with Crippen LogP contribution in [0.15, 0.2) is 40.9 Å². The lowest BCUT2D eigenvalue weighted by atomic mass is 9.99. The van der Waals surface area contributed by atoms with Gasteiger partial charge in [0.2, 0.25) is 0 Å². The smallest absolute Gasteiger partial charge is 0.251 e. The highest BCUT2D eigenvalue weighted by Crippen LogP contribution is 2.38. The van der Waals surface area contributed by atoms with E-state index in [1.807, 2.05) is 6.07 Å². The average Bonchev–Trinajstić information content (AvgIpc) is 2.86. The van der Waals surface area contributed by atoms with Gasteiger partial charge in [-0.05, 0) is 51.7 Å². The summed E-state index contributed by atoms with van der Waals surface area (Å²) in [5.74, 6) is 0.379. The molecule has 2 N–H and O–H groups in total. The lowest BCUT2D eigenvalue weighted by Gasteiger charge is -2.16. The lowest BCUT2D eigenvalue weighted by Crippen LogP contribution is -2.24. The van der Waals surface area contributed by atoms with Crippen LogP contribution in [0.5, 0.6) is 5.75 Å². The summed E-state index contributed by atoms with van der Waals surface area (Å²) in [6.07, 6.45) is 12.5. The summed E-state index contributed by atoms with van der Waals surface area (Å²) < 4.78 is 19.6. The zero-order valence-corrected chi connectivity index (χ0v) is 22.0. The van der Waals surface area contributed by atoms with Gasteiger partial charge in [-0.2, -0.15) is 0 Å². The predicted molar refractivity (Wildman–Crippen MR) is 141 cm³/mol. The van der Waals surface area contributed by atoms with Crippen molar-refractivity contribution in [2.75, 3.05) is 19.8 Å². The second-order valence-electron chi connectivity index (χ2n) is 8.68. The van der Waals surface area contributed by atoms with Gasteiger partial charge in [0, 0.05) is 17.7 Å². The summed E-state index contributed by atoms with van der Waals surface area (Å²) in [6, 6.07) is 10.6. The number of aliphatic hydroxyl groups excluding tert-OH is 1. The Morgan fingerprint density at radius 3 is 2.32 bits per heavy atom. The van der Waals surface area contributed by atoms with Crippen LogP contribution in [0.1, 0.15) is 87.1 Å². The highest BCUT2D eigenvalue weighted by atomic mass is 79.9. The van der Waals surface area contributed by atoms with Gasteiger partial charge in [-0.25, -0.2) is 4.39 Å². The number of unbranched alkanes of at least 4 members (excludes halogenated alkanes) is 9. The summed E-state index contributed by atoms with van der Waals surface area (Å²) >= 11 is 3.51. The van der Waals surface area contributed by atoms with Crippen LogP contribution in [0.25, 0.3) is 11.1 Å². The minimum absolute atomic E-state index is 0.124. The Labute approximate surface area is 212 Å². The van der Waals surface area contributed by atoms with Crippen molar-refractivity contribution in [2.45, 2.75) is 77.8 Å². The molecule has 0 radical (unpaired) electrons. The van der Waals surface area contributed by atoms with E-state index in [-0.39, 0.29) is 19.1 Å². The first kappa shape index (κ1) is 28.3. The van der Waals surface area contributed by atoms with E-state index in [1.54, 1.807) is 30.3 Å². The van der Waals surface area contributed by atoms with Gasteiger partial charge >= 0.3 is 0 Å². The Hall–Kier alpha value is -1.92. The molecule has 1 amide bonds. The molecule has 0 fully saturated rings. The molecule has 0 heterocycles. The standard InChI is InChI=1S/C28H39BrFNO3/c1-2-3-4-5-6-7-8-9-10-11-15-31-28(33)24-19-25(23-14-12-13-22(18-23)21-30)27(26(29)20-24)34-17-16-32/h12-14,18-20,32H,2-11,15-17,21H2,1H3,(H,31,33). The van der Waals surface area contributed by atoms with Crippen molar-refractivity contribution in [1.29, 1.82) is 0 Å². The zero-order chi connectivity index (χ0) is 24.6. The van der Waals surface area contributed by atoms with Gasteiger partial charge in [0.25, 0.3) is 5.91 Å². The number of hydrogen-bond donors (Lipinski definition) is 2. The van der Waals surface area contributed by atoms with Crippen LogP contribution in [0.3, 0.4) is 0 Å². The van der Waals surface area contributed by atoms with Crippen LogP contribution in [0, 0.1) is 0 Å². The van der Waals surface area contributed by atoms with Crippen molar-refractivity contribution in [2.24, 2.45) is 0 Å². The first-order valence-electron chi connectivity index (χ1n) is 12.6. The number of nitrogens with one attached hydrogen (secondary N) is 1. The highest BCUT2D eigenvalue weighted by Gasteiger charge is 2.16. The van der Waals surface area contributed by atoms with E-state index in [2.05, 4.69) is 28.2 Å². The fourth-order valence-corrected chi connectivity index (χ4v) is 4.55. The Morgan fingerprint density at radius 1 is 1.00 bits per heavy atom. The second kappa shape index (κ2) is 16.7. The molecule has 0 saturated carbocycles. The SMILES string of the molecule is CCCCCCCCCCCCNC(=O)c1cc(Br)c(OCCO)c(-c2cccc(CF)c2)c1. The van der Waals surface area contributed by atoms with Crippen LogP contribution in [-0.2, 0) is 6.67 Å². The fraction of sp³-hybridized carbons (Fsp3) is 0.536. The van der Waals surface area contributed by atoms with Crippen molar-refractivity contribution in [1.82, 2.24) is 5.32 Å². The summed E-state index contributed by atoms with van der Waals surface area (Å²) in [7, 11) is 0. The normalized spacial score (nSPS) is 10.9. The van der Waals surface area contributed by atoms with Crippen LogP contribution in [0.2, 0.25) is 0 Å². The number of rotatable bonds is 17. The molecule has 0 atom stereocenters. The van der Waals surface area contributed by atoms with E-state index in [0.29, 0.717) is 33.5 Å². The molecule has 6 heteroatoms. The van der Waals surface area contributed by atoms with Gasteiger partial charge in [-0.1, -0.05) is 82.9 Å². The Morgan fingerprint density at radius 2 is 1.68 bits per heavy atom. The largest absolute Gasteiger partial charge is 0.489 e. The zero-order valence-electron chi connectivity index (χ0n) is 20.4. The molecule has 0 spiro atoms. The highest BCUT2D eigenvalue weighted by molar-refractivity contribution is 9.10. The van der Waals surface area contributed by atoms with E-state index in [4.69, 9.17) is 4.74 Å². The third-order valence-corrected chi connectivity index (χ3v) is 6.44. The number of carbonyl (C=O) groups is 1. The molecule has 188 valence electrons. The molecule has 0 aliphatic carbocycles. The quantitative estimate of drug-likeness (QED) is 0.205. The molecule has 0 aromatic heterocycles. The monoisotopic (exact) mass is 535 g/mol.